The molecule has 1 aromatic rings. The van der Waals surface area contributed by atoms with E-state index in [-0.39, 0.29) is 5.56 Å². The Morgan fingerprint density at radius 1 is 1.17 bits per heavy atom. The van der Waals surface area contributed by atoms with E-state index in [2.05, 4.69) is 0 Å². The minimum absolute atomic E-state index is 0.163. The molecule has 0 amide bonds. The van der Waals surface area contributed by atoms with Crippen LogP contribution in [0.2, 0.25) is 0 Å². The van der Waals surface area contributed by atoms with Gasteiger partial charge in [0.05, 0.1) is 11.1 Å². The molecule has 0 aromatic heterocycles. The third-order valence-corrected chi connectivity index (χ3v) is 3.52. The monoisotopic (exact) mass is 273 g/mol. The van der Waals surface area contributed by atoms with Crippen molar-refractivity contribution in [1.29, 1.82) is 0 Å². The number of benzene rings is 1. The molecule has 0 fully saturated rings. The minimum Gasteiger partial charge on any atom is -0.478 e. The lowest BCUT2D eigenvalue weighted by Gasteiger charge is -2.13. The number of sulfonamides is 1. The van der Waals surface area contributed by atoms with Gasteiger partial charge >= 0.3 is 11.9 Å². The van der Waals surface area contributed by atoms with Crippen LogP contribution in [-0.4, -0.2) is 30.6 Å². The van der Waals surface area contributed by atoms with Gasteiger partial charge in [-0.25, -0.2) is 23.1 Å². The van der Waals surface area contributed by atoms with Crippen molar-refractivity contribution >= 4 is 22.0 Å². The SMILES string of the molecule is Cc1cc(C(=O)O)c(S(N)(=O)=O)c(C(=O)O)c1C. The summed E-state index contributed by atoms with van der Waals surface area (Å²) in [5.74, 6) is -3.09. The Morgan fingerprint density at radius 2 is 1.67 bits per heavy atom. The summed E-state index contributed by atoms with van der Waals surface area (Å²) in [4.78, 5) is 21.2. The predicted molar refractivity (Wildman–Crippen MR) is 61.2 cm³/mol. The van der Waals surface area contributed by atoms with Crippen LogP contribution in [-0.2, 0) is 10.0 Å². The molecule has 1 aromatic carbocycles. The number of nitrogens with two attached hydrogens (primary N) is 1. The molecule has 1 rings (SSSR count). The van der Waals surface area contributed by atoms with Gasteiger partial charge in [0.15, 0.2) is 0 Å². The molecule has 0 atom stereocenters. The Kier molecular flexibility index (Phi) is 3.45. The molecule has 8 heteroatoms. The molecule has 4 N–H and O–H groups in total. The van der Waals surface area contributed by atoms with E-state index in [0.717, 1.165) is 6.07 Å². The van der Waals surface area contributed by atoms with Crippen LogP contribution >= 0.6 is 0 Å². The first-order valence-electron chi connectivity index (χ1n) is 4.71. The number of hydrogen-bond acceptors (Lipinski definition) is 4. The third kappa shape index (κ3) is 2.34. The van der Waals surface area contributed by atoms with Crippen molar-refractivity contribution in [2.45, 2.75) is 18.7 Å². The molecule has 18 heavy (non-hydrogen) atoms. The Hall–Kier alpha value is -1.93. The van der Waals surface area contributed by atoms with Crippen molar-refractivity contribution in [2.75, 3.05) is 0 Å². The fraction of sp³-hybridized carbons (Fsp3) is 0.200. The lowest BCUT2D eigenvalue weighted by Crippen LogP contribution is -2.22. The second kappa shape index (κ2) is 4.39. The quantitative estimate of drug-likeness (QED) is 0.727. The number of aryl methyl sites for hydroxylation is 1. The van der Waals surface area contributed by atoms with Crippen molar-refractivity contribution < 1.29 is 28.2 Å². The van der Waals surface area contributed by atoms with Crippen LogP contribution in [0.15, 0.2) is 11.0 Å². The van der Waals surface area contributed by atoms with Gasteiger partial charge in [-0.05, 0) is 31.0 Å². The highest BCUT2D eigenvalue weighted by atomic mass is 32.2. The first-order chi connectivity index (χ1) is 8.07. The van der Waals surface area contributed by atoms with E-state index >= 15 is 0 Å². The molecule has 0 aliphatic heterocycles. The summed E-state index contributed by atoms with van der Waals surface area (Å²) >= 11 is 0. The molecule has 0 heterocycles. The van der Waals surface area contributed by atoms with Gasteiger partial charge in [-0.3, -0.25) is 0 Å². The molecule has 98 valence electrons. The molecule has 0 radical (unpaired) electrons. The van der Waals surface area contributed by atoms with Gasteiger partial charge in [-0.2, -0.15) is 0 Å². The molecule has 0 unspecified atom stereocenters. The van der Waals surface area contributed by atoms with E-state index in [1.54, 1.807) is 0 Å². The zero-order chi connectivity index (χ0) is 14.2. The van der Waals surface area contributed by atoms with Crippen LogP contribution in [0.25, 0.3) is 0 Å². The summed E-state index contributed by atoms with van der Waals surface area (Å²) in [6.45, 7) is 2.88. The molecule has 0 saturated carbocycles. The van der Waals surface area contributed by atoms with E-state index in [1.165, 1.54) is 13.8 Å². The molecule has 0 spiro atoms. The predicted octanol–water partition coefficient (Wildman–Crippen LogP) is 0.347. The summed E-state index contributed by atoms with van der Waals surface area (Å²) in [6.07, 6.45) is 0. The largest absolute Gasteiger partial charge is 0.478 e. The number of carbonyl (C=O) groups is 2. The maximum absolute atomic E-state index is 11.4. The second-order valence-corrected chi connectivity index (χ2v) is 5.22. The number of primary sulfonamides is 1. The molecular weight excluding hydrogens is 262 g/mol. The van der Waals surface area contributed by atoms with Gasteiger partial charge in [-0.15, -0.1) is 0 Å². The summed E-state index contributed by atoms with van der Waals surface area (Å²) in [5.41, 5.74) is -0.721. The topological polar surface area (TPSA) is 135 Å². The first-order valence-corrected chi connectivity index (χ1v) is 6.25. The Bertz CT molecular complexity index is 647. The Balaban J connectivity index is 4.00. The molecule has 0 bridgehead atoms. The fourth-order valence-corrected chi connectivity index (χ4v) is 2.58. The van der Waals surface area contributed by atoms with E-state index in [1.807, 2.05) is 0 Å². The molecule has 7 nitrogen and oxygen atoms in total. The highest BCUT2D eigenvalue weighted by Gasteiger charge is 2.29. The van der Waals surface area contributed by atoms with E-state index in [9.17, 15) is 18.0 Å². The third-order valence-electron chi connectivity index (χ3n) is 2.53. The van der Waals surface area contributed by atoms with Crippen LogP contribution in [0.4, 0.5) is 0 Å². The Labute approximate surface area is 103 Å². The van der Waals surface area contributed by atoms with Crippen LogP contribution in [0.1, 0.15) is 31.8 Å². The van der Waals surface area contributed by atoms with Crippen molar-refractivity contribution in [1.82, 2.24) is 0 Å². The summed E-state index contributed by atoms with van der Waals surface area (Å²) in [7, 11) is -4.46. The lowest BCUT2D eigenvalue weighted by molar-refractivity contribution is 0.0688. The van der Waals surface area contributed by atoms with Gasteiger partial charge in [0.25, 0.3) is 0 Å². The molecular formula is C10H11NO6S. The van der Waals surface area contributed by atoms with Crippen molar-refractivity contribution in [3.63, 3.8) is 0 Å². The van der Waals surface area contributed by atoms with Crippen LogP contribution in [0.3, 0.4) is 0 Å². The van der Waals surface area contributed by atoms with E-state index in [4.69, 9.17) is 15.4 Å². The maximum Gasteiger partial charge on any atom is 0.337 e. The molecule has 0 saturated heterocycles. The number of rotatable bonds is 3. The van der Waals surface area contributed by atoms with E-state index < -0.39 is 38.0 Å². The maximum atomic E-state index is 11.4. The molecule has 0 aliphatic rings. The zero-order valence-electron chi connectivity index (χ0n) is 9.59. The first kappa shape index (κ1) is 14.1. The van der Waals surface area contributed by atoms with Crippen LogP contribution in [0.5, 0.6) is 0 Å². The minimum atomic E-state index is -4.46. The van der Waals surface area contributed by atoms with Gasteiger partial charge in [0.1, 0.15) is 4.90 Å². The average Bonchev–Trinajstić information content (AvgIpc) is 2.18. The Morgan fingerprint density at radius 3 is 2.00 bits per heavy atom. The molecule has 0 aliphatic carbocycles. The fourth-order valence-electron chi connectivity index (χ4n) is 1.60. The number of hydrogen-bond donors (Lipinski definition) is 3. The standard InChI is InChI=1S/C10H11NO6S/c1-4-3-6(9(12)13)8(18(11,16)17)7(5(4)2)10(14)15/h3H,1-2H3,(H,12,13)(H,14,15)(H2,11,16,17). The van der Waals surface area contributed by atoms with Crippen LogP contribution < -0.4 is 5.14 Å². The number of carboxylic acids is 2. The highest BCUT2D eigenvalue weighted by Crippen LogP contribution is 2.26. The van der Waals surface area contributed by atoms with Gasteiger partial charge < -0.3 is 10.2 Å². The van der Waals surface area contributed by atoms with E-state index in [0.29, 0.717) is 5.56 Å². The van der Waals surface area contributed by atoms with Crippen LogP contribution in [0, 0.1) is 13.8 Å². The highest BCUT2D eigenvalue weighted by molar-refractivity contribution is 7.89. The smallest absolute Gasteiger partial charge is 0.337 e. The summed E-state index contributed by atoms with van der Waals surface area (Å²) in [5, 5.41) is 22.9. The van der Waals surface area contributed by atoms with Gasteiger partial charge in [0.2, 0.25) is 10.0 Å². The van der Waals surface area contributed by atoms with Gasteiger partial charge in [-0.1, -0.05) is 0 Å². The lowest BCUT2D eigenvalue weighted by atomic mass is 9.99. The zero-order valence-corrected chi connectivity index (χ0v) is 10.4. The summed E-state index contributed by atoms with van der Waals surface area (Å²) < 4.78 is 22.8. The van der Waals surface area contributed by atoms with Crippen molar-refractivity contribution in [3.05, 3.63) is 28.3 Å². The number of aromatic carboxylic acids is 2. The normalized spacial score (nSPS) is 11.3. The second-order valence-electron chi connectivity index (χ2n) is 3.73. The summed E-state index contributed by atoms with van der Waals surface area (Å²) in [6, 6.07) is 1.09. The average molecular weight is 273 g/mol. The number of carboxylic acid groups (broad SMARTS) is 2. The van der Waals surface area contributed by atoms with Crippen molar-refractivity contribution in [2.24, 2.45) is 5.14 Å². The van der Waals surface area contributed by atoms with Crippen molar-refractivity contribution in [3.8, 4) is 0 Å². The van der Waals surface area contributed by atoms with Gasteiger partial charge in [0, 0.05) is 0 Å².